The molecule has 2 aromatic carbocycles. The van der Waals surface area contributed by atoms with Gasteiger partial charge >= 0.3 is 5.97 Å². The van der Waals surface area contributed by atoms with E-state index in [1.54, 1.807) is 48.5 Å². The third-order valence-electron chi connectivity index (χ3n) is 4.85. The highest BCUT2D eigenvalue weighted by Gasteiger charge is 2.51. The summed E-state index contributed by atoms with van der Waals surface area (Å²) in [5.41, 5.74) is -0.949. The molecule has 1 aliphatic rings. The summed E-state index contributed by atoms with van der Waals surface area (Å²) >= 11 is 3.34. The number of amides is 1. The number of benzene rings is 2. The summed E-state index contributed by atoms with van der Waals surface area (Å²) in [6.45, 7) is 1.94. The molecule has 2 aromatic rings. The molecule has 1 amide bonds. The van der Waals surface area contributed by atoms with Crippen LogP contribution in [0, 0.1) is 0 Å². The van der Waals surface area contributed by atoms with Crippen molar-refractivity contribution in [1.82, 2.24) is 0 Å². The van der Waals surface area contributed by atoms with Gasteiger partial charge in [-0.3, -0.25) is 19.3 Å². The fraction of sp³-hybridized carbons (Fsp3) is 0.318. The van der Waals surface area contributed by atoms with Crippen LogP contribution in [-0.2, 0) is 19.9 Å². The summed E-state index contributed by atoms with van der Waals surface area (Å²) in [5, 5.41) is 11.3. The molecule has 0 aromatic heterocycles. The van der Waals surface area contributed by atoms with E-state index < -0.39 is 23.9 Å². The zero-order valence-electron chi connectivity index (χ0n) is 16.1. The molecule has 1 aliphatic heterocycles. The molecule has 0 saturated carbocycles. The van der Waals surface area contributed by atoms with Gasteiger partial charge < -0.3 is 9.84 Å². The highest BCUT2D eigenvalue weighted by atomic mass is 79.9. The van der Waals surface area contributed by atoms with E-state index in [-0.39, 0.29) is 18.9 Å². The van der Waals surface area contributed by atoms with E-state index in [0.29, 0.717) is 21.3 Å². The third kappa shape index (κ3) is 4.41. The van der Waals surface area contributed by atoms with E-state index in [9.17, 15) is 19.5 Å². The van der Waals surface area contributed by atoms with Crippen LogP contribution in [0.25, 0.3) is 0 Å². The van der Waals surface area contributed by atoms with E-state index in [1.165, 1.54) is 4.90 Å². The van der Waals surface area contributed by atoms with Gasteiger partial charge in [0.1, 0.15) is 6.54 Å². The molecule has 7 heteroatoms. The molecule has 1 unspecified atom stereocenters. The number of halogens is 1. The Kier molecular flexibility index (Phi) is 6.49. The number of carbonyl (C=O) groups is 3. The SMILES string of the molecule is CCCCOC(=O)CN1C(=O)C(O)(CC(=O)c2ccccc2)c2cc(Br)ccc21. The number of Topliss-reactive ketones (excluding diaryl/α,β-unsaturated/α-hetero) is 1. The fourth-order valence-electron chi connectivity index (χ4n) is 3.31. The first-order chi connectivity index (χ1) is 13.9. The Morgan fingerprint density at radius 1 is 1.17 bits per heavy atom. The Balaban J connectivity index is 1.88. The van der Waals surface area contributed by atoms with Crippen LogP contribution < -0.4 is 4.90 Å². The van der Waals surface area contributed by atoms with Crippen LogP contribution in [0.2, 0.25) is 0 Å². The predicted octanol–water partition coefficient (Wildman–Crippen LogP) is 3.60. The molecule has 3 rings (SSSR count). The third-order valence-corrected chi connectivity index (χ3v) is 5.35. The van der Waals surface area contributed by atoms with Gasteiger partial charge in [0.05, 0.1) is 18.7 Å². The maximum absolute atomic E-state index is 13.1. The minimum absolute atomic E-state index is 0.279. The Bertz CT molecular complexity index is 930. The quantitative estimate of drug-likeness (QED) is 0.370. The van der Waals surface area contributed by atoms with E-state index in [2.05, 4.69) is 15.9 Å². The molecule has 0 aliphatic carbocycles. The lowest BCUT2D eigenvalue weighted by Gasteiger charge is -2.22. The number of ketones is 1. The topological polar surface area (TPSA) is 83.9 Å². The second-order valence-electron chi connectivity index (χ2n) is 6.95. The van der Waals surface area contributed by atoms with Crippen molar-refractivity contribution in [3.8, 4) is 0 Å². The maximum Gasteiger partial charge on any atom is 0.326 e. The molecule has 0 bridgehead atoms. The van der Waals surface area contributed by atoms with E-state index in [1.807, 2.05) is 6.92 Å². The zero-order chi connectivity index (χ0) is 21.0. The lowest BCUT2D eigenvalue weighted by atomic mass is 9.88. The number of ether oxygens (including phenoxy) is 1. The largest absolute Gasteiger partial charge is 0.464 e. The number of aliphatic hydroxyl groups is 1. The Labute approximate surface area is 177 Å². The van der Waals surface area contributed by atoms with Gasteiger partial charge in [-0.15, -0.1) is 0 Å². The van der Waals surface area contributed by atoms with Crippen molar-refractivity contribution in [2.24, 2.45) is 0 Å². The molecular formula is C22H22BrNO5. The van der Waals surface area contributed by atoms with Crippen LogP contribution in [-0.4, -0.2) is 35.9 Å². The smallest absolute Gasteiger partial charge is 0.326 e. The van der Waals surface area contributed by atoms with Crippen molar-refractivity contribution in [2.45, 2.75) is 31.8 Å². The van der Waals surface area contributed by atoms with Crippen molar-refractivity contribution in [3.05, 3.63) is 64.1 Å². The molecule has 6 nitrogen and oxygen atoms in total. The van der Waals surface area contributed by atoms with E-state index >= 15 is 0 Å². The number of rotatable bonds is 8. The first-order valence-electron chi connectivity index (χ1n) is 9.45. The Hall–Kier alpha value is -2.51. The predicted molar refractivity (Wildman–Crippen MR) is 112 cm³/mol. The molecule has 1 atom stereocenters. The molecule has 1 N–H and O–H groups in total. The standard InChI is InChI=1S/C22H22BrNO5/c1-2-3-11-29-20(26)14-24-18-10-9-16(23)12-17(18)22(28,21(24)27)13-19(25)15-7-5-4-6-8-15/h4-10,12,28H,2-3,11,13-14H2,1H3. The summed E-state index contributed by atoms with van der Waals surface area (Å²) in [6.07, 6.45) is 1.20. The second-order valence-corrected chi connectivity index (χ2v) is 7.87. The van der Waals surface area contributed by atoms with Gasteiger partial charge in [-0.25, -0.2) is 0 Å². The van der Waals surface area contributed by atoms with Crippen molar-refractivity contribution in [3.63, 3.8) is 0 Å². The first kappa shape index (κ1) is 21.2. The number of unbranched alkanes of at least 4 members (excludes halogenated alkanes) is 1. The molecule has 1 heterocycles. The number of fused-ring (bicyclic) bond motifs is 1. The average molecular weight is 460 g/mol. The fourth-order valence-corrected chi connectivity index (χ4v) is 3.68. The monoisotopic (exact) mass is 459 g/mol. The first-order valence-corrected chi connectivity index (χ1v) is 10.2. The minimum Gasteiger partial charge on any atom is -0.464 e. The lowest BCUT2D eigenvalue weighted by molar-refractivity contribution is -0.144. The van der Waals surface area contributed by atoms with Gasteiger partial charge in [-0.2, -0.15) is 0 Å². The Morgan fingerprint density at radius 2 is 1.90 bits per heavy atom. The number of anilines is 1. The summed E-state index contributed by atoms with van der Waals surface area (Å²) in [7, 11) is 0. The highest BCUT2D eigenvalue weighted by molar-refractivity contribution is 9.10. The molecule has 0 fully saturated rings. The number of hydrogen-bond donors (Lipinski definition) is 1. The van der Waals surface area contributed by atoms with Gasteiger partial charge in [0.2, 0.25) is 0 Å². The summed E-state index contributed by atoms with van der Waals surface area (Å²) < 4.78 is 5.81. The lowest BCUT2D eigenvalue weighted by Crippen LogP contribution is -2.44. The van der Waals surface area contributed by atoms with Crippen molar-refractivity contribution in [1.29, 1.82) is 0 Å². The minimum atomic E-state index is -2.05. The van der Waals surface area contributed by atoms with Crippen LogP contribution in [0.4, 0.5) is 5.69 Å². The molecule has 0 saturated heterocycles. The van der Waals surface area contributed by atoms with Gasteiger partial charge in [0.25, 0.3) is 5.91 Å². The van der Waals surface area contributed by atoms with Gasteiger partial charge in [0.15, 0.2) is 11.4 Å². The van der Waals surface area contributed by atoms with Crippen LogP contribution in [0.5, 0.6) is 0 Å². The number of hydrogen-bond acceptors (Lipinski definition) is 5. The van der Waals surface area contributed by atoms with Gasteiger partial charge in [-0.1, -0.05) is 59.6 Å². The normalized spacial score (nSPS) is 17.9. The number of nitrogens with zero attached hydrogens (tertiary/aromatic N) is 1. The molecule has 152 valence electrons. The van der Waals surface area contributed by atoms with E-state index in [0.717, 1.165) is 12.8 Å². The number of esters is 1. The van der Waals surface area contributed by atoms with Gasteiger partial charge in [0, 0.05) is 15.6 Å². The molecule has 29 heavy (non-hydrogen) atoms. The van der Waals surface area contributed by atoms with E-state index in [4.69, 9.17) is 4.74 Å². The van der Waals surface area contributed by atoms with Crippen LogP contribution in [0.15, 0.2) is 53.0 Å². The molecule has 0 radical (unpaired) electrons. The number of carbonyl (C=O) groups excluding carboxylic acids is 3. The summed E-state index contributed by atoms with van der Waals surface area (Å²) in [6, 6.07) is 13.5. The zero-order valence-corrected chi connectivity index (χ0v) is 17.6. The van der Waals surface area contributed by atoms with Crippen LogP contribution in [0.3, 0.4) is 0 Å². The molecular weight excluding hydrogens is 438 g/mol. The van der Waals surface area contributed by atoms with Crippen LogP contribution >= 0.6 is 15.9 Å². The maximum atomic E-state index is 13.1. The van der Waals surface area contributed by atoms with Crippen molar-refractivity contribution >= 4 is 39.3 Å². The van der Waals surface area contributed by atoms with Crippen LogP contribution in [0.1, 0.15) is 42.1 Å². The van der Waals surface area contributed by atoms with Crippen molar-refractivity contribution < 1.29 is 24.2 Å². The summed E-state index contributed by atoms with van der Waals surface area (Å²) in [5.74, 6) is -1.62. The second kappa shape index (κ2) is 8.88. The van der Waals surface area contributed by atoms with Gasteiger partial charge in [-0.05, 0) is 24.6 Å². The Morgan fingerprint density at radius 3 is 2.59 bits per heavy atom. The highest BCUT2D eigenvalue weighted by Crippen LogP contribution is 2.44. The molecule has 0 spiro atoms. The summed E-state index contributed by atoms with van der Waals surface area (Å²) in [4.78, 5) is 39.2. The average Bonchev–Trinajstić information content (AvgIpc) is 2.90. The van der Waals surface area contributed by atoms with Crippen molar-refractivity contribution in [2.75, 3.05) is 18.1 Å².